The smallest absolute Gasteiger partial charge is 0.319 e. The maximum Gasteiger partial charge on any atom is 0.319 e. The Morgan fingerprint density at radius 2 is 2.05 bits per heavy atom. The fourth-order valence-corrected chi connectivity index (χ4v) is 3.03. The van der Waals surface area contributed by atoms with E-state index < -0.39 is 39.5 Å². The van der Waals surface area contributed by atoms with Gasteiger partial charge in [-0.25, -0.2) is 4.39 Å². The number of hydrogen-bond donors (Lipinski definition) is 2. The Morgan fingerprint density at radius 1 is 1.40 bits per heavy atom. The van der Waals surface area contributed by atoms with Crippen LogP contribution in [0.3, 0.4) is 0 Å². The third-order valence-electron chi connectivity index (χ3n) is 2.51. The monoisotopic (exact) mass is 301 g/mol. The van der Waals surface area contributed by atoms with Gasteiger partial charge in [0.2, 0.25) is 5.91 Å². The van der Waals surface area contributed by atoms with Crippen LogP contribution in [0.15, 0.2) is 24.3 Å². The molecule has 0 fully saturated rings. The van der Waals surface area contributed by atoms with E-state index in [2.05, 4.69) is 5.32 Å². The second kappa shape index (κ2) is 7.14. The van der Waals surface area contributed by atoms with Crippen LogP contribution >= 0.6 is 0 Å². The van der Waals surface area contributed by atoms with Crippen LogP contribution < -0.4 is 5.32 Å². The van der Waals surface area contributed by atoms with E-state index in [-0.39, 0.29) is 11.6 Å². The van der Waals surface area contributed by atoms with Gasteiger partial charge in [0.25, 0.3) is 0 Å². The number of hydrogen-bond acceptors (Lipinski definition) is 3. The molecule has 0 saturated heterocycles. The second-order valence-corrected chi connectivity index (χ2v) is 6.14. The molecule has 5 nitrogen and oxygen atoms in total. The fraction of sp³-hybridized carbons (Fsp3) is 0.385. The van der Waals surface area contributed by atoms with Gasteiger partial charge in [-0.15, -0.1) is 0 Å². The van der Waals surface area contributed by atoms with Gasteiger partial charge in [0.05, 0.1) is 0 Å². The zero-order valence-corrected chi connectivity index (χ0v) is 11.9. The number of carbonyl (C=O) groups is 2. The number of carboxylic acid groups (broad SMARTS) is 1. The van der Waals surface area contributed by atoms with Crippen molar-refractivity contribution in [2.24, 2.45) is 5.92 Å². The van der Waals surface area contributed by atoms with Gasteiger partial charge in [-0.05, 0) is 24.1 Å². The molecular formula is C13H16FNO4S. The molecule has 110 valence electrons. The molecule has 7 heteroatoms. The van der Waals surface area contributed by atoms with Crippen LogP contribution in [0.4, 0.5) is 10.1 Å². The Kier molecular flexibility index (Phi) is 5.82. The molecule has 0 aliphatic rings. The zero-order chi connectivity index (χ0) is 15.3. The van der Waals surface area contributed by atoms with Gasteiger partial charge in [-0.2, -0.15) is 0 Å². The van der Waals surface area contributed by atoms with Crippen LogP contribution in [-0.2, 0) is 20.4 Å². The molecule has 0 aliphatic heterocycles. The Labute approximate surface area is 118 Å². The lowest BCUT2D eigenvalue weighted by Gasteiger charge is -2.15. The third kappa shape index (κ3) is 4.73. The minimum atomic E-state index is -1.83. The highest BCUT2D eigenvalue weighted by molar-refractivity contribution is 7.87. The largest absolute Gasteiger partial charge is 0.480 e. The molecule has 0 radical (unpaired) electrons. The molecule has 0 aromatic heterocycles. The van der Waals surface area contributed by atoms with Gasteiger partial charge in [0, 0.05) is 16.5 Å². The summed E-state index contributed by atoms with van der Waals surface area (Å²) in [7, 11) is -1.83. The van der Waals surface area contributed by atoms with Crippen molar-refractivity contribution >= 4 is 28.4 Å². The van der Waals surface area contributed by atoms with Crippen LogP contribution in [0, 0.1) is 11.7 Å². The summed E-state index contributed by atoms with van der Waals surface area (Å²) in [6, 6.07) is 5.27. The van der Waals surface area contributed by atoms with Crippen molar-refractivity contribution in [1.29, 1.82) is 0 Å². The number of amides is 1. The topological polar surface area (TPSA) is 83.5 Å². The minimum Gasteiger partial charge on any atom is -0.480 e. The summed E-state index contributed by atoms with van der Waals surface area (Å²) in [5, 5.41) is 10.3. The van der Waals surface area contributed by atoms with Crippen LogP contribution in [-0.4, -0.2) is 32.2 Å². The van der Waals surface area contributed by atoms with E-state index in [9.17, 15) is 18.2 Å². The maximum absolute atomic E-state index is 12.9. The first-order valence-corrected chi connectivity index (χ1v) is 7.35. The lowest BCUT2D eigenvalue weighted by Crippen LogP contribution is -2.35. The molecule has 2 atom stereocenters. The molecular weight excluding hydrogens is 285 g/mol. The van der Waals surface area contributed by atoms with Gasteiger partial charge >= 0.3 is 5.97 Å². The number of halogens is 1. The van der Waals surface area contributed by atoms with E-state index in [1.807, 2.05) is 0 Å². The van der Waals surface area contributed by atoms with Gasteiger partial charge in [0.1, 0.15) is 16.8 Å². The van der Waals surface area contributed by atoms with E-state index in [4.69, 9.17) is 5.11 Å². The molecule has 0 bridgehead atoms. The van der Waals surface area contributed by atoms with Crippen molar-refractivity contribution in [3.63, 3.8) is 0 Å². The van der Waals surface area contributed by atoms with Crippen molar-refractivity contribution in [1.82, 2.24) is 0 Å². The number of anilines is 1. The third-order valence-corrected chi connectivity index (χ3v) is 4.37. The van der Waals surface area contributed by atoms with Gasteiger partial charge in [-0.3, -0.25) is 13.8 Å². The van der Waals surface area contributed by atoms with Crippen LogP contribution in [0.25, 0.3) is 0 Å². The van der Waals surface area contributed by atoms with Crippen molar-refractivity contribution in [3.8, 4) is 0 Å². The first-order chi connectivity index (χ1) is 9.31. The maximum atomic E-state index is 12.9. The standard InChI is InChI=1S/C13H16FNO4S/c1-8(2)12(13(17)18)20(19)7-11(16)15-10-5-3-4-9(14)6-10/h3-6,8,12H,7H2,1-2H3,(H,15,16)(H,17,18). The highest BCUT2D eigenvalue weighted by Crippen LogP contribution is 2.12. The van der Waals surface area contributed by atoms with E-state index >= 15 is 0 Å². The number of nitrogens with one attached hydrogen (secondary N) is 1. The molecule has 0 saturated carbocycles. The molecule has 1 aromatic rings. The Hall–Kier alpha value is -1.76. The second-order valence-electron chi connectivity index (χ2n) is 4.59. The molecule has 0 spiro atoms. The molecule has 20 heavy (non-hydrogen) atoms. The van der Waals surface area contributed by atoms with E-state index in [1.165, 1.54) is 18.2 Å². The summed E-state index contributed by atoms with van der Waals surface area (Å²) in [4.78, 5) is 22.7. The number of rotatable bonds is 6. The lowest BCUT2D eigenvalue weighted by atomic mass is 10.1. The summed E-state index contributed by atoms with van der Waals surface area (Å²) < 4.78 is 24.8. The van der Waals surface area contributed by atoms with Crippen molar-refractivity contribution in [3.05, 3.63) is 30.1 Å². The SMILES string of the molecule is CC(C)C(C(=O)O)S(=O)CC(=O)Nc1cccc(F)c1. The normalized spacial score (nSPS) is 13.8. The molecule has 1 aromatic carbocycles. The molecule has 0 heterocycles. The molecule has 1 amide bonds. The van der Waals surface area contributed by atoms with Crippen LogP contribution in [0.5, 0.6) is 0 Å². The summed E-state index contributed by atoms with van der Waals surface area (Å²) in [6.45, 7) is 3.25. The quantitative estimate of drug-likeness (QED) is 0.836. The average molecular weight is 301 g/mol. The lowest BCUT2D eigenvalue weighted by molar-refractivity contribution is -0.137. The summed E-state index contributed by atoms with van der Waals surface area (Å²) >= 11 is 0. The minimum absolute atomic E-state index is 0.239. The Morgan fingerprint density at radius 3 is 2.55 bits per heavy atom. The molecule has 2 unspecified atom stereocenters. The van der Waals surface area contributed by atoms with Gasteiger partial charge < -0.3 is 10.4 Å². The predicted octanol–water partition coefficient (Wildman–Crippen LogP) is 1.62. The van der Waals surface area contributed by atoms with Crippen molar-refractivity contribution in [2.45, 2.75) is 19.1 Å². The van der Waals surface area contributed by atoms with Crippen molar-refractivity contribution in [2.75, 3.05) is 11.1 Å². The van der Waals surface area contributed by atoms with E-state index in [0.717, 1.165) is 6.07 Å². The fourth-order valence-electron chi connectivity index (χ4n) is 1.68. The zero-order valence-electron chi connectivity index (χ0n) is 11.1. The van der Waals surface area contributed by atoms with Gasteiger partial charge in [-0.1, -0.05) is 19.9 Å². The first kappa shape index (κ1) is 16.3. The summed E-state index contributed by atoms with van der Waals surface area (Å²) in [5.41, 5.74) is 0.239. The summed E-state index contributed by atoms with van der Waals surface area (Å²) in [5.74, 6) is -3.10. The number of aliphatic carboxylic acids is 1. The van der Waals surface area contributed by atoms with Crippen LogP contribution in [0.1, 0.15) is 13.8 Å². The Balaban J connectivity index is 2.66. The highest BCUT2D eigenvalue weighted by atomic mass is 32.2. The molecule has 1 rings (SSSR count). The van der Waals surface area contributed by atoms with Gasteiger partial charge in [0.15, 0.2) is 0 Å². The number of carbonyl (C=O) groups excluding carboxylic acids is 1. The first-order valence-electron chi connectivity index (χ1n) is 5.96. The highest BCUT2D eigenvalue weighted by Gasteiger charge is 2.29. The average Bonchev–Trinajstić information content (AvgIpc) is 2.26. The van der Waals surface area contributed by atoms with E-state index in [0.29, 0.717) is 0 Å². The molecule has 0 aliphatic carbocycles. The predicted molar refractivity (Wildman–Crippen MR) is 74.3 cm³/mol. The van der Waals surface area contributed by atoms with E-state index in [1.54, 1.807) is 13.8 Å². The Bertz CT molecular complexity index is 533. The number of carboxylic acids is 1. The van der Waals surface area contributed by atoms with Crippen LogP contribution in [0.2, 0.25) is 0 Å². The summed E-state index contributed by atoms with van der Waals surface area (Å²) in [6.07, 6.45) is 0. The van der Waals surface area contributed by atoms with Crippen molar-refractivity contribution < 1.29 is 23.3 Å². The molecule has 2 N–H and O–H groups in total. The number of benzene rings is 1.